The van der Waals surface area contributed by atoms with Crippen molar-refractivity contribution in [1.82, 2.24) is 5.32 Å². The van der Waals surface area contributed by atoms with Crippen LogP contribution in [0.2, 0.25) is 10.0 Å². The smallest absolute Gasteiger partial charge is 0.263 e. The Hall–Kier alpha value is -2.30. The summed E-state index contributed by atoms with van der Waals surface area (Å²) >= 11 is 16.2. The summed E-state index contributed by atoms with van der Waals surface area (Å²) in [6.45, 7) is 0. The molecular formula is C15H8Cl2F4N2O3S. The van der Waals surface area contributed by atoms with E-state index in [4.69, 9.17) is 35.4 Å². The lowest BCUT2D eigenvalue weighted by Crippen LogP contribution is -2.35. The van der Waals surface area contributed by atoms with Gasteiger partial charge in [0, 0.05) is 5.02 Å². The van der Waals surface area contributed by atoms with Crippen molar-refractivity contribution >= 4 is 52.1 Å². The Bertz CT molecular complexity index is 930. The highest BCUT2D eigenvalue weighted by atomic mass is 35.5. The summed E-state index contributed by atoms with van der Waals surface area (Å²) in [7, 11) is 0.793. The molecule has 5 nitrogen and oxygen atoms in total. The van der Waals surface area contributed by atoms with Crippen LogP contribution in [0.15, 0.2) is 12.1 Å². The lowest BCUT2D eigenvalue weighted by atomic mass is 10.1. The van der Waals surface area contributed by atoms with Gasteiger partial charge in [0.1, 0.15) is 5.56 Å². The number of thiocarbonyl (C=S) groups is 1. The van der Waals surface area contributed by atoms with Gasteiger partial charge in [0.25, 0.3) is 5.91 Å². The van der Waals surface area contributed by atoms with E-state index in [1.807, 2.05) is 5.32 Å². The number of carbonyl (C=O) groups excluding carboxylic acids is 1. The van der Waals surface area contributed by atoms with E-state index < -0.39 is 51.4 Å². The van der Waals surface area contributed by atoms with Crippen LogP contribution in [0.1, 0.15) is 10.4 Å². The second-order valence-corrected chi connectivity index (χ2v) is 6.11. The number of hydrogen-bond donors (Lipinski definition) is 3. The van der Waals surface area contributed by atoms with E-state index in [9.17, 15) is 27.5 Å². The molecule has 12 heteroatoms. The van der Waals surface area contributed by atoms with Gasteiger partial charge in [0.15, 0.2) is 28.2 Å². The predicted molar refractivity (Wildman–Crippen MR) is 94.6 cm³/mol. The number of hydrogen-bond acceptors (Lipinski definition) is 4. The summed E-state index contributed by atoms with van der Waals surface area (Å²) in [5.41, 5.74) is -1.69. The van der Waals surface area contributed by atoms with E-state index in [1.165, 1.54) is 12.1 Å². The third-order valence-electron chi connectivity index (χ3n) is 3.16. The molecule has 0 heterocycles. The Kier molecular flexibility index (Phi) is 6.34. The molecule has 2 aromatic carbocycles. The molecule has 0 unspecified atom stereocenters. The number of nitrogens with one attached hydrogen (secondary N) is 2. The van der Waals surface area contributed by atoms with Crippen molar-refractivity contribution in [2.45, 2.75) is 0 Å². The molecule has 0 radical (unpaired) electrons. The first-order valence-corrected chi connectivity index (χ1v) is 7.95. The molecule has 144 valence electrons. The number of anilines is 1. The van der Waals surface area contributed by atoms with Gasteiger partial charge in [-0.1, -0.05) is 23.2 Å². The SMILES string of the molecule is COc1c(F)c(F)c(C(=O)NC(=S)Nc2cc(Cl)cc(Cl)c2O)c(F)c1F. The molecule has 0 fully saturated rings. The van der Waals surface area contributed by atoms with Crippen LogP contribution in [0.25, 0.3) is 0 Å². The molecule has 2 rings (SSSR count). The lowest BCUT2D eigenvalue weighted by molar-refractivity contribution is 0.0966. The van der Waals surface area contributed by atoms with E-state index in [0.717, 1.165) is 7.11 Å². The maximum atomic E-state index is 13.9. The summed E-state index contributed by atoms with van der Waals surface area (Å²) in [5.74, 6) is -11.1. The van der Waals surface area contributed by atoms with Crippen molar-refractivity contribution < 1.29 is 32.2 Å². The molecule has 0 aromatic heterocycles. The number of phenolic OH excluding ortho intramolecular Hbond substituents is 1. The molecule has 2 aromatic rings. The van der Waals surface area contributed by atoms with Gasteiger partial charge in [-0.15, -0.1) is 0 Å². The number of rotatable bonds is 3. The standard InChI is InChI=1S/C15H8Cl2F4N2O3S/c1-26-13-10(20)8(18)7(9(19)11(13)21)14(25)23-15(27)22-6-3-4(16)2-5(17)12(6)24/h2-3,24H,1H3,(H2,22,23,25,27). The van der Waals surface area contributed by atoms with E-state index in [0.29, 0.717) is 0 Å². The molecule has 0 saturated heterocycles. The van der Waals surface area contributed by atoms with Gasteiger partial charge in [-0.05, 0) is 24.4 Å². The summed E-state index contributed by atoms with van der Waals surface area (Å²) < 4.78 is 59.5. The number of aromatic hydroxyl groups is 1. The topological polar surface area (TPSA) is 70.6 Å². The molecule has 0 saturated carbocycles. The number of halogens is 6. The molecule has 1 amide bonds. The van der Waals surface area contributed by atoms with Crippen LogP contribution in [0, 0.1) is 23.3 Å². The van der Waals surface area contributed by atoms with Crippen LogP contribution in [-0.2, 0) is 0 Å². The van der Waals surface area contributed by atoms with Crippen molar-refractivity contribution in [3.05, 3.63) is 51.0 Å². The number of ether oxygens (including phenoxy) is 1. The highest BCUT2D eigenvalue weighted by molar-refractivity contribution is 7.80. The largest absolute Gasteiger partial charge is 0.504 e. The third kappa shape index (κ3) is 4.18. The lowest BCUT2D eigenvalue weighted by Gasteiger charge is -2.14. The van der Waals surface area contributed by atoms with Gasteiger partial charge >= 0.3 is 0 Å². The van der Waals surface area contributed by atoms with Crippen LogP contribution in [-0.4, -0.2) is 23.2 Å². The number of benzene rings is 2. The Morgan fingerprint density at radius 2 is 1.67 bits per heavy atom. The first-order chi connectivity index (χ1) is 12.6. The van der Waals surface area contributed by atoms with E-state index >= 15 is 0 Å². The van der Waals surface area contributed by atoms with Crippen LogP contribution in [0.4, 0.5) is 23.2 Å². The van der Waals surface area contributed by atoms with Gasteiger partial charge < -0.3 is 15.2 Å². The van der Waals surface area contributed by atoms with Crippen molar-refractivity contribution in [1.29, 1.82) is 0 Å². The maximum Gasteiger partial charge on any atom is 0.263 e. The molecule has 0 aliphatic carbocycles. The van der Waals surface area contributed by atoms with Crippen molar-refractivity contribution in [2.75, 3.05) is 12.4 Å². The van der Waals surface area contributed by atoms with E-state index in [2.05, 4.69) is 10.1 Å². The minimum absolute atomic E-state index is 0.103. The maximum absolute atomic E-state index is 13.9. The Labute approximate surface area is 164 Å². The fourth-order valence-electron chi connectivity index (χ4n) is 1.97. The van der Waals surface area contributed by atoms with Crippen LogP contribution in [0.3, 0.4) is 0 Å². The van der Waals surface area contributed by atoms with Crippen LogP contribution >= 0.6 is 35.4 Å². The van der Waals surface area contributed by atoms with E-state index in [-0.39, 0.29) is 15.7 Å². The van der Waals surface area contributed by atoms with Gasteiger partial charge in [-0.2, -0.15) is 8.78 Å². The second-order valence-electron chi connectivity index (χ2n) is 4.86. The molecule has 3 N–H and O–H groups in total. The first kappa shape index (κ1) is 21.0. The van der Waals surface area contributed by atoms with Crippen LogP contribution in [0.5, 0.6) is 11.5 Å². The van der Waals surface area contributed by atoms with Crippen molar-refractivity contribution in [3.8, 4) is 11.5 Å². The van der Waals surface area contributed by atoms with Gasteiger partial charge in [-0.3, -0.25) is 10.1 Å². The quantitative estimate of drug-likeness (QED) is 0.284. The Morgan fingerprint density at radius 1 is 1.11 bits per heavy atom. The van der Waals surface area contributed by atoms with Crippen molar-refractivity contribution in [2.24, 2.45) is 0 Å². The highest BCUT2D eigenvalue weighted by Crippen LogP contribution is 2.35. The first-order valence-electron chi connectivity index (χ1n) is 6.78. The fraction of sp³-hybridized carbons (Fsp3) is 0.0667. The zero-order valence-corrected chi connectivity index (χ0v) is 15.4. The molecule has 0 atom stereocenters. The van der Waals surface area contributed by atoms with E-state index in [1.54, 1.807) is 0 Å². The average Bonchev–Trinajstić information content (AvgIpc) is 2.58. The average molecular weight is 443 g/mol. The monoisotopic (exact) mass is 442 g/mol. The van der Waals surface area contributed by atoms with Gasteiger partial charge in [0.2, 0.25) is 11.6 Å². The zero-order chi connectivity index (χ0) is 20.5. The number of carbonyl (C=O) groups is 1. The normalized spacial score (nSPS) is 10.5. The predicted octanol–water partition coefficient (Wildman–Crippen LogP) is 4.39. The molecule has 27 heavy (non-hydrogen) atoms. The molecule has 0 bridgehead atoms. The van der Waals surface area contributed by atoms with Gasteiger partial charge in [-0.25, -0.2) is 8.78 Å². The zero-order valence-electron chi connectivity index (χ0n) is 13.1. The van der Waals surface area contributed by atoms with Crippen LogP contribution < -0.4 is 15.4 Å². The Morgan fingerprint density at radius 3 is 2.19 bits per heavy atom. The summed E-state index contributed by atoms with van der Waals surface area (Å²) in [4.78, 5) is 12.0. The Balaban J connectivity index is 2.29. The summed E-state index contributed by atoms with van der Waals surface area (Å²) in [5, 5.41) is 13.3. The minimum atomic E-state index is -1.97. The van der Waals surface area contributed by atoms with Gasteiger partial charge in [0.05, 0.1) is 17.8 Å². The number of amides is 1. The molecule has 0 aliphatic rings. The number of methoxy groups -OCH3 is 1. The third-order valence-corrected chi connectivity index (χ3v) is 3.87. The summed E-state index contributed by atoms with van der Waals surface area (Å²) in [6.07, 6.45) is 0. The fourth-order valence-corrected chi connectivity index (χ4v) is 2.67. The molecular weight excluding hydrogens is 435 g/mol. The second kappa shape index (κ2) is 8.15. The minimum Gasteiger partial charge on any atom is -0.504 e. The number of phenols is 1. The van der Waals surface area contributed by atoms with Crippen molar-refractivity contribution in [3.63, 3.8) is 0 Å². The highest BCUT2D eigenvalue weighted by Gasteiger charge is 2.30. The summed E-state index contributed by atoms with van der Waals surface area (Å²) in [6, 6.07) is 2.41. The molecule has 0 aliphatic heterocycles. The molecule has 0 spiro atoms.